The molecule has 2 aromatic rings. The number of hydrogen-bond acceptors (Lipinski definition) is 6. The lowest BCUT2D eigenvalue weighted by atomic mass is 10.1. The average Bonchev–Trinajstić information content (AvgIpc) is 2.95. The van der Waals surface area contributed by atoms with Crippen molar-refractivity contribution >= 4 is 17.2 Å². The van der Waals surface area contributed by atoms with Gasteiger partial charge < -0.3 is 4.90 Å². The molecule has 0 radical (unpaired) electrons. The van der Waals surface area contributed by atoms with Gasteiger partial charge in [0.05, 0.1) is 17.9 Å². The molecule has 7 heteroatoms. The van der Waals surface area contributed by atoms with E-state index in [0.29, 0.717) is 18.1 Å². The van der Waals surface area contributed by atoms with Crippen LogP contribution in [0.2, 0.25) is 0 Å². The Labute approximate surface area is 114 Å². The third kappa shape index (κ3) is 2.33. The van der Waals surface area contributed by atoms with Crippen LogP contribution in [0, 0.1) is 0 Å². The monoisotopic (exact) mass is 275 g/mol. The van der Waals surface area contributed by atoms with Crippen molar-refractivity contribution in [1.82, 2.24) is 25.1 Å². The molecule has 0 spiro atoms. The Hall–Kier alpha value is -1.89. The van der Waals surface area contributed by atoms with Crippen LogP contribution in [0.15, 0.2) is 12.4 Å². The van der Waals surface area contributed by atoms with Crippen molar-refractivity contribution < 1.29 is 4.79 Å². The normalized spacial score (nSPS) is 14.3. The molecule has 0 N–H and O–H groups in total. The standard InChI is InChI=1S/C12H13N5OS/c1-2-10-15-16-11(19-10)12(18)17-6-3-8-9(7-17)14-5-4-13-8/h4-5H,2-3,6-7H2,1H3. The van der Waals surface area contributed by atoms with Crippen LogP contribution in [0.1, 0.15) is 33.1 Å². The number of carbonyl (C=O) groups is 1. The molecule has 0 fully saturated rings. The highest BCUT2D eigenvalue weighted by Crippen LogP contribution is 2.18. The molecule has 0 atom stereocenters. The molecule has 2 aromatic heterocycles. The predicted octanol–water partition coefficient (Wildman–Crippen LogP) is 1.09. The molecule has 19 heavy (non-hydrogen) atoms. The molecule has 3 rings (SSSR count). The van der Waals surface area contributed by atoms with Crippen molar-refractivity contribution in [2.24, 2.45) is 0 Å². The molecule has 0 aromatic carbocycles. The summed E-state index contributed by atoms with van der Waals surface area (Å²) in [6.07, 6.45) is 4.90. The fourth-order valence-corrected chi connectivity index (χ4v) is 2.78. The molecular formula is C12H13N5OS. The van der Waals surface area contributed by atoms with E-state index in [9.17, 15) is 4.79 Å². The zero-order valence-corrected chi connectivity index (χ0v) is 11.4. The van der Waals surface area contributed by atoms with Crippen LogP contribution >= 0.6 is 11.3 Å². The maximum absolute atomic E-state index is 12.3. The molecule has 0 unspecified atom stereocenters. The van der Waals surface area contributed by atoms with Crippen molar-refractivity contribution in [3.8, 4) is 0 Å². The van der Waals surface area contributed by atoms with E-state index >= 15 is 0 Å². The minimum atomic E-state index is -0.0616. The first-order valence-electron chi connectivity index (χ1n) is 6.18. The quantitative estimate of drug-likeness (QED) is 0.820. The van der Waals surface area contributed by atoms with E-state index in [2.05, 4.69) is 20.2 Å². The summed E-state index contributed by atoms with van der Waals surface area (Å²) in [4.78, 5) is 22.6. The van der Waals surface area contributed by atoms with Gasteiger partial charge in [-0.25, -0.2) is 0 Å². The number of rotatable bonds is 2. The van der Waals surface area contributed by atoms with Crippen molar-refractivity contribution in [2.45, 2.75) is 26.3 Å². The van der Waals surface area contributed by atoms with E-state index in [1.165, 1.54) is 11.3 Å². The van der Waals surface area contributed by atoms with Gasteiger partial charge in [0, 0.05) is 25.4 Å². The van der Waals surface area contributed by atoms with Gasteiger partial charge in [0.2, 0.25) is 5.01 Å². The third-order valence-corrected chi connectivity index (χ3v) is 4.11. The number of hydrogen-bond donors (Lipinski definition) is 0. The zero-order chi connectivity index (χ0) is 13.2. The van der Waals surface area contributed by atoms with Gasteiger partial charge in [-0.05, 0) is 6.42 Å². The second kappa shape index (κ2) is 5.00. The number of carbonyl (C=O) groups excluding carboxylic acids is 1. The number of aryl methyl sites for hydroxylation is 1. The van der Waals surface area contributed by atoms with E-state index in [4.69, 9.17) is 0 Å². The largest absolute Gasteiger partial charge is 0.330 e. The van der Waals surface area contributed by atoms with Crippen molar-refractivity contribution in [1.29, 1.82) is 0 Å². The SMILES string of the molecule is CCc1nnc(C(=O)N2CCc3nccnc3C2)s1. The van der Waals surface area contributed by atoms with E-state index in [0.717, 1.165) is 29.2 Å². The topological polar surface area (TPSA) is 71.9 Å². The van der Waals surface area contributed by atoms with Gasteiger partial charge in [0.1, 0.15) is 5.01 Å². The highest BCUT2D eigenvalue weighted by Gasteiger charge is 2.25. The lowest BCUT2D eigenvalue weighted by Crippen LogP contribution is -2.36. The minimum Gasteiger partial charge on any atom is -0.330 e. The fraction of sp³-hybridized carbons (Fsp3) is 0.417. The number of amides is 1. The van der Waals surface area contributed by atoms with Crippen LogP contribution < -0.4 is 0 Å². The van der Waals surface area contributed by atoms with Crippen molar-refractivity contribution in [2.75, 3.05) is 6.54 Å². The summed E-state index contributed by atoms with van der Waals surface area (Å²) < 4.78 is 0. The summed E-state index contributed by atoms with van der Waals surface area (Å²) in [7, 11) is 0. The molecule has 0 aliphatic carbocycles. The van der Waals surface area contributed by atoms with Gasteiger partial charge in [-0.3, -0.25) is 14.8 Å². The van der Waals surface area contributed by atoms with Gasteiger partial charge in [-0.2, -0.15) is 0 Å². The van der Waals surface area contributed by atoms with Crippen LogP contribution in [-0.2, 0) is 19.4 Å². The fourth-order valence-electron chi connectivity index (χ4n) is 2.03. The molecule has 0 saturated heterocycles. The Morgan fingerprint density at radius 1 is 1.32 bits per heavy atom. The zero-order valence-electron chi connectivity index (χ0n) is 10.5. The van der Waals surface area contributed by atoms with Crippen LogP contribution in [0.3, 0.4) is 0 Å². The van der Waals surface area contributed by atoms with Gasteiger partial charge >= 0.3 is 0 Å². The first kappa shape index (κ1) is 12.2. The minimum absolute atomic E-state index is 0.0616. The second-order valence-electron chi connectivity index (χ2n) is 4.28. The predicted molar refractivity (Wildman–Crippen MR) is 69.8 cm³/mol. The van der Waals surface area contributed by atoms with Crippen molar-refractivity contribution in [3.05, 3.63) is 33.8 Å². The average molecular weight is 275 g/mol. The highest BCUT2D eigenvalue weighted by molar-refractivity contribution is 7.13. The Morgan fingerprint density at radius 3 is 2.84 bits per heavy atom. The molecule has 3 heterocycles. The summed E-state index contributed by atoms with van der Waals surface area (Å²) >= 11 is 1.37. The smallest absolute Gasteiger partial charge is 0.285 e. The van der Waals surface area contributed by atoms with Gasteiger partial charge in [-0.15, -0.1) is 10.2 Å². The highest BCUT2D eigenvalue weighted by atomic mass is 32.1. The molecular weight excluding hydrogens is 262 g/mol. The summed E-state index contributed by atoms with van der Waals surface area (Å²) in [6.45, 7) is 3.16. The summed E-state index contributed by atoms with van der Waals surface area (Å²) in [6, 6.07) is 0. The molecule has 1 aliphatic heterocycles. The lowest BCUT2D eigenvalue weighted by molar-refractivity contribution is 0.0729. The number of aromatic nitrogens is 4. The van der Waals surface area contributed by atoms with E-state index < -0.39 is 0 Å². The summed E-state index contributed by atoms with van der Waals surface area (Å²) in [5, 5.41) is 9.30. The Kier molecular flexibility index (Phi) is 3.20. The molecule has 0 saturated carbocycles. The van der Waals surface area contributed by atoms with Crippen LogP contribution in [0.5, 0.6) is 0 Å². The summed E-state index contributed by atoms with van der Waals surface area (Å²) in [5.41, 5.74) is 1.86. The van der Waals surface area contributed by atoms with Crippen LogP contribution in [0.25, 0.3) is 0 Å². The number of nitrogens with zero attached hydrogens (tertiary/aromatic N) is 5. The van der Waals surface area contributed by atoms with Crippen molar-refractivity contribution in [3.63, 3.8) is 0 Å². The maximum atomic E-state index is 12.3. The van der Waals surface area contributed by atoms with Gasteiger partial charge in [0.25, 0.3) is 5.91 Å². The summed E-state index contributed by atoms with van der Waals surface area (Å²) in [5.74, 6) is -0.0616. The van der Waals surface area contributed by atoms with Crippen LogP contribution in [-0.4, -0.2) is 37.5 Å². The van der Waals surface area contributed by atoms with Gasteiger partial charge in [-0.1, -0.05) is 18.3 Å². The molecule has 98 valence electrons. The lowest BCUT2D eigenvalue weighted by Gasteiger charge is -2.26. The van der Waals surface area contributed by atoms with Crippen LogP contribution in [0.4, 0.5) is 0 Å². The molecule has 1 amide bonds. The Morgan fingerprint density at radius 2 is 2.11 bits per heavy atom. The Bertz CT molecular complexity index is 612. The molecule has 1 aliphatic rings. The van der Waals surface area contributed by atoms with E-state index in [1.54, 1.807) is 17.3 Å². The third-order valence-electron chi connectivity index (χ3n) is 3.06. The number of fused-ring (bicyclic) bond motifs is 1. The van der Waals surface area contributed by atoms with E-state index in [-0.39, 0.29) is 5.91 Å². The first-order valence-corrected chi connectivity index (χ1v) is 7.00. The Balaban J connectivity index is 1.79. The van der Waals surface area contributed by atoms with Gasteiger partial charge in [0.15, 0.2) is 0 Å². The van der Waals surface area contributed by atoms with E-state index in [1.807, 2.05) is 6.92 Å². The second-order valence-corrected chi connectivity index (χ2v) is 5.34. The molecule has 0 bridgehead atoms. The first-order chi connectivity index (χ1) is 9.28. The molecule has 6 nitrogen and oxygen atoms in total. The maximum Gasteiger partial charge on any atom is 0.285 e.